The van der Waals surface area contributed by atoms with E-state index in [1.54, 1.807) is 30.4 Å². The van der Waals surface area contributed by atoms with Gasteiger partial charge in [0.15, 0.2) is 6.10 Å². The summed E-state index contributed by atoms with van der Waals surface area (Å²) in [5.74, 6) is -0.322. The van der Waals surface area contributed by atoms with E-state index in [0.29, 0.717) is 32.1 Å². The zero-order chi connectivity index (χ0) is 36.6. The van der Waals surface area contributed by atoms with E-state index in [0.717, 1.165) is 31.6 Å². The number of allylic oxidation sites excluding steroid dienone is 8. The molecule has 4 atom stereocenters. The number of hydrogen-bond acceptors (Lipinski definition) is 8. The molecule has 1 unspecified atom stereocenters. The smallest absolute Gasteiger partial charge is 0.462 e. The number of phosphoric acid groups is 1. The van der Waals surface area contributed by atoms with Crippen LogP contribution in [0.1, 0.15) is 117 Å². The van der Waals surface area contributed by atoms with Crippen molar-refractivity contribution in [3.8, 4) is 0 Å². The van der Waals surface area contributed by atoms with Gasteiger partial charge in [-0.1, -0.05) is 139 Å². The Morgan fingerprint density at radius 2 is 1.39 bits per heavy atom. The van der Waals surface area contributed by atoms with Gasteiger partial charge in [0.25, 0.3) is 0 Å². The molecule has 0 saturated carbocycles. The Kier molecular flexibility index (Phi) is 29.7. The number of ether oxygens (including phenoxy) is 2. The summed E-state index contributed by atoms with van der Waals surface area (Å²) < 4.78 is 26.1. The summed E-state index contributed by atoms with van der Waals surface area (Å²) in [7, 11) is -4.80. The average Bonchev–Trinajstić information content (AvgIpc) is 3.05. The molecule has 0 saturated heterocycles. The zero-order valence-electron chi connectivity index (χ0n) is 29.9. The molecule has 4 N–H and O–H groups in total. The van der Waals surface area contributed by atoms with E-state index in [-0.39, 0.29) is 19.4 Å². The van der Waals surface area contributed by atoms with Crippen LogP contribution >= 0.6 is 7.82 Å². The van der Waals surface area contributed by atoms with Crippen molar-refractivity contribution in [3.05, 3.63) is 72.9 Å². The number of carbonyl (C=O) groups excluding carboxylic acids is 2. The van der Waals surface area contributed by atoms with Gasteiger partial charge in [0.2, 0.25) is 0 Å². The molecular weight excluding hydrogens is 647 g/mol. The summed E-state index contributed by atoms with van der Waals surface area (Å²) >= 11 is 0. The molecule has 280 valence electrons. The molecule has 0 aliphatic heterocycles. The largest absolute Gasteiger partial charge is 0.469 e. The summed E-state index contributed by atoms with van der Waals surface area (Å²) in [6.07, 6.45) is 31.5. The van der Waals surface area contributed by atoms with Crippen molar-refractivity contribution in [3.63, 3.8) is 0 Å². The fourth-order valence-corrected chi connectivity index (χ4v) is 4.74. The van der Waals surface area contributed by atoms with Gasteiger partial charge in [-0.15, -0.1) is 0 Å². The maximum absolute atomic E-state index is 12.3. The van der Waals surface area contributed by atoms with Crippen molar-refractivity contribution in [1.82, 2.24) is 0 Å². The first-order valence-electron chi connectivity index (χ1n) is 17.9. The van der Waals surface area contributed by atoms with Gasteiger partial charge in [0.05, 0.1) is 18.8 Å². The standard InChI is InChI=1S/C38H63O10P/c1-4-6-17-25-34(39)26-19-13-8-7-9-14-20-27-35(40)28-21-16-23-29-37(41)46-31-36(32-47-49(43,44)45)48-38(42)30-22-15-11-10-12-18-24-33(3)5-2/h6,8-9,13-14,17,19-21,26-28,33-36,39-40H,4-5,7,10-12,15-16,18,22-25,29-32H2,1-3H3,(H2,43,44,45)/b13-8-,14-9-,17-6-,26-19+,27-20+,28-21-/t33?,34-,35-,36-/m1/s1. The lowest BCUT2D eigenvalue weighted by Gasteiger charge is -2.18. The van der Waals surface area contributed by atoms with Crippen LogP contribution in [0.15, 0.2) is 72.9 Å². The summed E-state index contributed by atoms with van der Waals surface area (Å²) in [6, 6.07) is 0. The van der Waals surface area contributed by atoms with Gasteiger partial charge in [0.1, 0.15) is 6.61 Å². The van der Waals surface area contributed by atoms with Gasteiger partial charge >= 0.3 is 19.8 Å². The van der Waals surface area contributed by atoms with Crippen LogP contribution in [0.3, 0.4) is 0 Å². The monoisotopic (exact) mass is 710 g/mol. The topological polar surface area (TPSA) is 160 Å². The second-order valence-corrected chi connectivity index (χ2v) is 13.3. The van der Waals surface area contributed by atoms with Crippen LogP contribution < -0.4 is 0 Å². The number of aliphatic hydroxyl groups is 2. The molecule has 0 fully saturated rings. The summed E-state index contributed by atoms with van der Waals surface area (Å²) in [5, 5.41) is 19.9. The van der Waals surface area contributed by atoms with E-state index in [2.05, 4.69) is 25.3 Å². The molecule has 0 bridgehead atoms. The molecule has 10 nitrogen and oxygen atoms in total. The number of carbonyl (C=O) groups is 2. The Morgan fingerprint density at radius 3 is 2.06 bits per heavy atom. The fourth-order valence-electron chi connectivity index (χ4n) is 4.38. The van der Waals surface area contributed by atoms with Crippen molar-refractivity contribution < 1.29 is 48.2 Å². The number of rotatable bonds is 30. The van der Waals surface area contributed by atoms with E-state index >= 15 is 0 Å². The maximum Gasteiger partial charge on any atom is 0.469 e. The Balaban J connectivity index is 4.30. The van der Waals surface area contributed by atoms with Crippen molar-refractivity contribution in [2.24, 2.45) is 5.92 Å². The van der Waals surface area contributed by atoms with Crippen LogP contribution in [0.2, 0.25) is 0 Å². The van der Waals surface area contributed by atoms with Crippen molar-refractivity contribution >= 4 is 19.8 Å². The highest BCUT2D eigenvalue weighted by Gasteiger charge is 2.22. The molecule has 0 aliphatic carbocycles. The molecule has 0 heterocycles. The normalized spacial score (nSPS) is 15.3. The van der Waals surface area contributed by atoms with Crippen molar-refractivity contribution in [2.75, 3.05) is 13.2 Å². The minimum atomic E-state index is -4.80. The molecule has 0 aromatic rings. The van der Waals surface area contributed by atoms with E-state index in [1.807, 2.05) is 42.5 Å². The minimum absolute atomic E-state index is 0.0773. The van der Waals surface area contributed by atoms with Gasteiger partial charge < -0.3 is 29.5 Å². The van der Waals surface area contributed by atoms with Crippen LogP contribution in [0, 0.1) is 5.92 Å². The lowest BCUT2D eigenvalue weighted by atomic mass is 10.00. The highest BCUT2D eigenvalue weighted by Crippen LogP contribution is 2.36. The lowest BCUT2D eigenvalue weighted by Crippen LogP contribution is -2.29. The molecule has 0 aromatic carbocycles. The Morgan fingerprint density at radius 1 is 0.735 bits per heavy atom. The van der Waals surface area contributed by atoms with E-state index in [9.17, 15) is 24.4 Å². The molecule has 49 heavy (non-hydrogen) atoms. The molecule has 0 radical (unpaired) electrons. The molecule has 0 rings (SSSR count). The third-order valence-electron chi connectivity index (χ3n) is 7.45. The van der Waals surface area contributed by atoms with Gasteiger partial charge in [-0.05, 0) is 44.4 Å². The quantitative estimate of drug-likeness (QED) is 0.0188. The first-order valence-corrected chi connectivity index (χ1v) is 19.4. The predicted octanol–water partition coefficient (Wildman–Crippen LogP) is 8.14. The number of hydrogen-bond donors (Lipinski definition) is 4. The van der Waals surface area contributed by atoms with Crippen molar-refractivity contribution in [1.29, 1.82) is 0 Å². The third kappa shape index (κ3) is 33.7. The van der Waals surface area contributed by atoms with E-state index < -0.39 is 44.7 Å². The van der Waals surface area contributed by atoms with Gasteiger partial charge in [-0.25, -0.2) is 4.57 Å². The Hall–Kier alpha value is -2.59. The number of aliphatic hydroxyl groups excluding tert-OH is 2. The Bertz CT molecular complexity index is 1070. The molecule has 0 aliphatic rings. The Labute approximate surface area is 294 Å². The van der Waals surface area contributed by atoms with Crippen LogP contribution in [0.5, 0.6) is 0 Å². The fraction of sp³-hybridized carbons (Fsp3) is 0.632. The zero-order valence-corrected chi connectivity index (χ0v) is 30.8. The van der Waals surface area contributed by atoms with Gasteiger partial charge in [-0.2, -0.15) is 0 Å². The molecule has 0 spiro atoms. The highest BCUT2D eigenvalue weighted by atomic mass is 31.2. The van der Waals surface area contributed by atoms with Crippen LogP contribution in [-0.4, -0.2) is 63.5 Å². The van der Waals surface area contributed by atoms with E-state index in [1.165, 1.54) is 25.7 Å². The SMILES string of the molecule is CC/C=C\C[C@@H](O)/C=C/C=C\C/C=C\C=C\[C@@H](O)/C=C\CCCC(=O)OC[C@H](COP(=O)(O)O)OC(=O)CCCCCCCCC(C)CC. The number of unbranched alkanes of at least 4 members (excludes halogenated alkanes) is 6. The second kappa shape index (κ2) is 31.4. The predicted molar refractivity (Wildman–Crippen MR) is 195 cm³/mol. The van der Waals surface area contributed by atoms with Crippen LogP contribution in [0.4, 0.5) is 0 Å². The minimum Gasteiger partial charge on any atom is -0.462 e. The molecule has 11 heteroatoms. The maximum atomic E-state index is 12.3. The summed E-state index contributed by atoms with van der Waals surface area (Å²) in [4.78, 5) is 42.6. The average molecular weight is 711 g/mol. The summed E-state index contributed by atoms with van der Waals surface area (Å²) in [6.45, 7) is 5.55. The summed E-state index contributed by atoms with van der Waals surface area (Å²) in [5.41, 5.74) is 0. The second-order valence-electron chi connectivity index (χ2n) is 12.1. The number of esters is 2. The molecule has 0 aromatic heterocycles. The van der Waals surface area contributed by atoms with Gasteiger partial charge in [-0.3, -0.25) is 14.1 Å². The van der Waals surface area contributed by atoms with Crippen molar-refractivity contribution in [2.45, 2.75) is 135 Å². The number of phosphoric ester groups is 1. The first kappa shape index (κ1) is 46.4. The molecule has 0 amide bonds. The van der Waals surface area contributed by atoms with Gasteiger partial charge in [0, 0.05) is 12.8 Å². The van der Waals surface area contributed by atoms with E-state index in [4.69, 9.17) is 19.3 Å². The van der Waals surface area contributed by atoms with Crippen LogP contribution in [-0.2, 0) is 28.2 Å². The highest BCUT2D eigenvalue weighted by molar-refractivity contribution is 7.46. The first-order chi connectivity index (χ1) is 23.5. The molecular formula is C38H63O10P. The van der Waals surface area contributed by atoms with Crippen LogP contribution in [0.25, 0.3) is 0 Å². The lowest BCUT2D eigenvalue weighted by molar-refractivity contribution is -0.161. The third-order valence-corrected chi connectivity index (χ3v) is 7.94.